The van der Waals surface area contributed by atoms with E-state index in [1.54, 1.807) is 0 Å². The summed E-state index contributed by atoms with van der Waals surface area (Å²) in [6, 6.07) is 16.6. The van der Waals surface area contributed by atoms with Crippen molar-refractivity contribution in [2.24, 2.45) is 0 Å². The van der Waals surface area contributed by atoms with E-state index < -0.39 is 0 Å². The topological polar surface area (TPSA) is 63.4 Å². The zero-order chi connectivity index (χ0) is 19.3. The summed E-state index contributed by atoms with van der Waals surface area (Å²) in [6.45, 7) is 5.46. The van der Waals surface area contributed by atoms with Crippen LogP contribution in [0.5, 0.6) is 5.75 Å². The predicted molar refractivity (Wildman–Crippen MR) is 115 cm³/mol. The number of aryl methyl sites for hydroxylation is 1. The van der Waals surface area contributed by atoms with Gasteiger partial charge in [-0.05, 0) is 37.2 Å². The highest BCUT2D eigenvalue weighted by Crippen LogP contribution is 2.20. The first-order valence-electron chi connectivity index (χ1n) is 9.68. The molecule has 0 amide bonds. The fraction of sp³-hybridized carbons (Fsp3) is 0.364. The van der Waals surface area contributed by atoms with Gasteiger partial charge < -0.3 is 14.6 Å². The normalized spacial score (nSPS) is 17.0. The van der Waals surface area contributed by atoms with Crippen LogP contribution >= 0.6 is 12.4 Å². The molecule has 1 aliphatic heterocycles. The lowest BCUT2D eigenvalue weighted by molar-refractivity contribution is 0.190. The summed E-state index contributed by atoms with van der Waals surface area (Å²) in [7, 11) is 2.09. The van der Waals surface area contributed by atoms with Gasteiger partial charge in [0.25, 0.3) is 0 Å². The standard InChI is InChI=1S/C22H26N4O2.ClH/c1-16-5-3-7-18(11-16)15-27-19-8-4-6-17(12-19)13-21-24-22(25-28-21)20-14-23-9-10-26(20)2;/h3-8,11-12,20,23H,9-10,13-15H2,1-2H3;1H. The van der Waals surface area contributed by atoms with Gasteiger partial charge in [0.2, 0.25) is 5.89 Å². The van der Waals surface area contributed by atoms with E-state index in [0.717, 1.165) is 42.3 Å². The Bertz CT molecular complexity index is 930. The largest absolute Gasteiger partial charge is 0.489 e. The lowest BCUT2D eigenvalue weighted by atomic mass is 10.1. The number of nitrogens with zero attached hydrogens (tertiary/aromatic N) is 3. The number of rotatable bonds is 6. The van der Waals surface area contributed by atoms with Crippen molar-refractivity contribution in [3.8, 4) is 5.75 Å². The summed E-state index contributed by atoms with van der Waals surface area (Å²) in [5.74, 6) is 2.22. The highest BCUT2D eigenvalue weighted by Gasteiger charge is 2.25. The molecule has 1 aliphatic rings. The molecule has 1 N–H and O–H groups in total. The monoisotopic (exact) mass is 414 g/mol. The Morgan fingerprint density at radius 3 is 2.83 bits per heavy atom. The van der Waals surface area contributed by atoms with Crippen LogP contribution in [-0.4, -0.2) is 41.7 Å². The van der Waals surface area contributed by atoms with Crippen molar-refractivity contribution in [2.75, 3.05) is 26.7 Å². The molecule has 1 fully saturated rings. The van der Waals surface area contributed by atoms with E-state index >= 15 is 0 Å². The van der Waals surface area contributed by atoms with Gasteiger partial charge in [-0.1, -0.05) is 47.1 Å². The third kappa shape index (κ3) is 5.56. The molecule has 0 spiro atoms. The van der Waals surface area contributed by atoms with Crippen molar-refractivity contribution < 1.29 is 9.26 Å². The van der Waals surface area contributed by atoms with Crippen molar-refractivity contribution in [1.82, 2.24) is 20.4 Å². The summed E-state index contributed by atoms with van der Waals surface area (Å²) in [4.78, 5) is 6.87. The number of hydrogen-bond donors (Lipinski definition) is 1. The van der Waals surface area contributed by atoms with Gasteiger partial charge in [-0.3, -0.25) is 4.90 Å². The maximum Gasteiger partial charge on any atom is 0.231 e. The van der Waals surface area contributed by atoms with E-state index in [0.29, 0.717) is 18.9 Å². The lowest BCUT2D eigenvalue weighted by Gasteiger charge is -2.30. The zero-order valence-electron chi connectivity index (χ0n) is 16.8. The molecule has 7 heteroatoms. The van der Waals surface area contributed by atoms with Crippen molar-refractivity contribution in [1.29, 1.82) is 0 Å². The van der Waals surface area contributed by atoms with Crippen molar-refractivity contribution in [2.45, 2.75) is 26.0 Å². The van der Waals surface area contributed by atoms with Crippen molar-refractivity contribution >= 4 is 12.4 Å². The minimum Gasteiger partial charge on any atom is -0.489 e. The summed E-state index contributed by atoms with van der Waals surface area (Å²) >= 11 is 0. The molecule has 0 aliphatic carbocycles. The number of ether oxygens (including phenoxy) is 1. The summed E-state index contributed by atoms with van der Waals surface area (Å²) in [5.41, 5.74) is 3.49. The third-order valence-corrected chi connectivity index (χ3v) is 5.03. The summed E-state index contributed by atoms with van der Waals surface area (Å²) in [6.07, 6.45) is 0.596. The smallest absolute Gasteiger partial charge is 0.231 e. The summed E-state index contributed by atoms with van der Waals surface area (Å²) in [5, 5.41) is 7.58. The molecular weight excluding hydrogens is 388 g/mol. The summed E-state index contributed by atoms with van der Waals surface area (Å²) < 4.78 is 11.5. The first-order valence-corrected chi connectivity index (χ1v) is 9.68. The van der Waals surface area contributed by atoms with Crippen molar-refractivity contribution in [3.63, 3.8) is 0 Å². The van der Waals surface area contributed by atoms with Gasteiger partial charge in [0.15, 0.2) is 5.82 Å². The van der Waals surface area contributed by atoms with E-state index in [1.165, 1.54) is 5.56 Å². The van der Waals surface area contributed by atoms with E-state index in [1.807, 2.05) is 18.2 Å². The number of halogens is 1. The maximum absolute atomic E-state index is 5.96. The molecule has 4 rings (SSSR count). The molecule has 0 bridgehead atoms. The van der Waals surface area contributed by atoms with Crippen LogP contribution < -0.4 is 10.1 Å². The third-order valence-electron chi connectivity index (χ3n) is 5.03. The molecule has 0 radical (unpaired) electrons. The Morgan fingerprint density at radius 1 is 1.17 bits per heavy atom. The Labute approximate surface area is 177 Å². The van der Waals surface area contributed by atoms with Crippen molar-refractivity contribution in [3.05, 3.63) is 76.9 Å². The van der Waals surface area contributed by atoms with Gasteiger partial charge in [0, 0.05) is 19.6 Å². The molecule has 3 aromatic rings. The first kappa shape index (κ1) is 21.3. The number of hydrogen-bond acceptors (Lipinski definition) is 6. The minimum atomic E-state index is 0. The van der Waals surface area contributed by atoms with E-state index in [2.05, 4.69) is 64.7 Å². The van der Waals surface area contributed by atoms with E-state index in [-0.39, 0.29) is 18.4 Å². The predicted octanol–water partition coefficient (Wildman–Crippen LogP) is 3.55. The van der Waals surface area contributed by atoms with Crippen LogP contribution in [0.15, 0.2) is 53.1 Å². The molecule has 1 unspecified atom stereocenters. The number of nitrogens with one attached hydrogen (secondary N) is 1. The van der Waals surface area contributed by atoms with Crippen LogP contribution in [0.4, 0.5) is 0 Å². The average Bonchev–Trinajstić information content (AvgIpc) is 3.15. The second kappa shape index (κ2) is 9.87. The molecule has 2 heterocycles. The fourth-order valence-electron chi connectivity index (χ4n) is 3.46. The second-order valence-electron chi connectivity index (χ2n) is 7.35. The second-order valence-corrected chi connectivity index (χ2v) is 7.35. The fourth-order valence-corrected chi connectivity index (χ4v) is 3.46. The highest BCUT2D eigenvalue weighted by atomic mass is 35.5. The van der Waals surface area contributed by atoms with Gasteiger partial charge in [0.1, 0.15) is 12.4 Å². The van der Waals surface area contributed by atoms with Crippen LogP contribution in [0.1, 0.15) is 34.4 Å². The molecule has 1 aromatic heterocycles. The van der Waals surface area contributed by atoms with Crippen LogP contribution in [0.25, 0.3) is 0 Å². The zero-order valence-corrected chi connectivity index (χ0v) is 17.6. The minimum absolute atomic E-state index is 0. The molecule has 154 valence electrons. The molecule has 1 saturated heterocycles. The van der Waals surface area contributed by atoms with Crippen LogP contribution in [0.3, 0.4) is 0 Å². The number of piperazine rings is 1. The van der Waals surface area contributed by atoms with E-state index in [9.17, 15) is 0 Å². The van der Waals surface area contributed by atoms with Gasteiger partial charge in [0.05, 0.1) is 12.5 Å². The number of aromatic nitrogens is 2. The molecule has 29 heavy (non-hydrogen) atoms. The number of benzene rings is 2. The highest BCUT2D eigenvalue weighted by molar-refractivity contribution is 5.85. The molecule has 0 saturated carbocycles. The first-order chi connectivity index (χ1) is 13.7. The molecule has 1 atom stereocenters. The van der Waals surface area contributed by atoms with Gasteiger partial charge >= 0.3 is 0 Å². The van der Waals surface area contributed by atoms with Crippen LogP contribution in [0, 0.1) is 6.92 Å². The Morgan fingerprint density at radius 2 is 2.00 bits per heavy atom. The Hall–Kier alpha value is -2.41. The molecule has 6 nitrogen and oxygen atoms in total. The number of likely N-dealkylation sites (N-methyl/N-ethyl adjacent to an activating group) is 1. The van der Waals surface area contributed by atoms with Crippen LogP contribution in [0.2, 0.25) is 0 Å². The van der Waals surface area contributed by atoms with E-state index in [4.69, 9.17) is 9.26 Å². The Kier molecular flexibility index (Phi) is 7.25. The quantitative estimate of drug-likeness (QED) is 0.665. The van der Waals surface area contributed by atoms with Crippen LogP contribution in [-0.2, 0) is 13.0 Å². The van der Waals surface area contributed by atoms with Gasteiger partial charge in [-0.25, -0.2) is 0 Å². The maximum atomic E-state index is 5.96. The van der Waals surface area contributed by atoms with Gasteiger partial charge in [-0.15, -0.1) is 12.4 Å². The molecule has 2 aromatic carbocycles. The average molecular weight is 415 g/mol. The lowest BCUT2D eigenvalue weighted by Crippen LogP contribution is -2.44. The SMILES string of the molecule is Cc1cccc(COc2cccc(Cc3nc(C4CNCCN4C)no3)c2)c1.Cl. The molecular formula is C22H27ClN4O2. The Balaban J connectivity index is 0.00000240. The van der Waals surface area contributed by atoms with Gasteiger partial charge in [-0.2, -0.15) is 4.98 Å².